The third-order valence-corrected chi connectivity index (χ3v) is 6.11. The zero-order valence-corrected chi connectivity index (χ0v) is 17.0. The van der Waals surface area contributed by atoms with Crippen molar-refractivity contribution in [2.45, 2.75) is 51.0 Å². The summed E-state index contributed by atoms with van der Waals surface area (Å²) in [5.74, 6) is -0.851. The lowest BCUT2D eigenvalue weighted by atomic mass is 9.87. The van der Waals surface area contributed by atoms with Crippen LogP contribution in [0.25, 0.3) is 0 Å². The Morgan fingerprint density at radius 2 is 1.80 bits per heavy atom. The summed E-state index contributed by atoms with van der Waals surface area (Å²) in [7, 11) is 0. The predicted molar refractivity (Wildman–Crippen MR) is 114 cm³/mol. The van der Waals surface area contributed by atoms with Gasteiger partial charge in [0.1, 0.15) is 0 Å². The Bertz CT molecular complexity index is 993. The molecule has 0 unspecified atom stereocenters. The molecule has 4 rings (SSSR count). The zero-order chi connectivity index (χ0) is 21.3. The van der Waals surface area contributed by atoms with E-state index in [-0.39, 0.29) is 24.0 Å². The standard InChI is InChI=1S/C24H26N2O4/c1-15-7-12-20-19(13-15)24(30,23(29)26-20)14-21(27)16-8-10-18(11-9-16)25-22(28)17-5-3-2-4-6-17/h7-13,17,30H,2-6,14H2,1H3,(H,25,28)(H,26,29)/t24-/m0/s1. The molecule has 1 saturated carbocycles. The van der Waals surface area contributed by atoms with E-state index in [1.165, 1.54) is 6.42 Å². The number of aliphatic hydroxyl groups is 1. The first-order chi connectivity index (χ1) is 14.4. The van der Waals surface area contributed by atoms with Crippen LogP contribution in [0.1, 0.15) is 60.0 Å². The molecule has 30 heavy (non-hydrogen) atoms. The van der Waals surface area contributed by atoms with Crippen LogP contribution in [0.3, 0.4) is 0 Å². The molecule has 2 amide bonds. The lowest BCUT2D eigenvalue weighted by Crippen LogP contribution is -2.36. The van der Waals surface area contributed by atoms with Crippen LogP contribution in [-0.2, 0) is 15.2 Å². The van der Waals surface area contributed by atoms with Crippen molar-refractivity contribution < 1.29 is 19.5 Å². The molecule has 1 atom stereocenters. The van der Waals surface area contributed by atoms with Gasteiger partial charge >= 0.3 is 0 Å². The first-order valence-corrected chi connectivity index (χ1v) is 10.5. The van der Waals surface area contributed by atoms with Gasteiger partial charge in [-0.15, -0.1) is 0 Å². The smallest absolute Gasteiger partial charge is 0.261 e. The lowest BCUT2D eigenvalue weighted by molar-refractivity contribution is -0.133. The van der Waals surface area contributed by atoms with Gasteiger partial charge < -0.3 is 15.7 Å². The number of carbonyl (C=O) groups excluding carboxylic acids is 3. The van der Waals surface area contributed by atoms with Gasteiger partial charge in [-0.05, 0) is 50.1 Å². The summed E-state index contributed by atoms with van der Waals surface area (Å²) < 4.78 is 0. The topological polar surface area (TPSA) is 95.5 Å². The molecule has 0 bridgehead atoms. The highest BCUT2D eigenvalue weighted by atomic mass is 16.3. The van der Waals surface area contributed by atoms with Gasteiger partial charge in [-0.3, -0.25) is 14.4 Å². The Morgan fingerprint density at radius 1 is 1.10 bits per heavy atom. The van der Waals surface area contributed by atoms with Gasteiger partial charge in [0.05, 0.1) is 6.42 Å². The molecule has 0 radical (unpaired) electrons. The van der Waals surface area contributed by atoms with Crippen molar-refractivity contribution >= 4 is 29.0 Å². The van der Waals surface area contributed by atoms with Gasteiger partial charge in [0, 0.05) is 28.4 Å². The Labute approximate surface area is 175 Å². The fourth-order valence-corrected chi connectivity index (χ4v) is 4.32. The van der Waals surface area contributed by atoms with Gasteiger partial charge in [0.15, 0.2) is 11.4 Å². The highest BCUT2D eigenvalue weighted by Crippen LogP contribution is 2.39. The van der Waals surface area contributed by atoms with Crippen molar-refractivity contribution in [2.24, 2.45) is 5.92 Å². The summed E-state index contributed by atoms with van der Waals surface area (Å²) in [6, 6.07) is 11.9. The van der Waals surface area contributed by atoms with Crippen LogP contribution >= 0.6 is 0 Å². The molecule has 1 aliphatic carbocycles. The average molecular weight is 406 g/mol. The number of amides is 2. The van der Waals surface area contributed by atoms with Crippen LogP contribution in [0.5, 0.6) is 0 Å². The monoisotopic (exact) mass is 406 g/mol. The first kappa shape index (κ1) is 20.3. The molecule has 6 heteroatoms. The highest BCUT2D eigenvalue weighted by Gasteiger charge is 2.46. The predicted octanol–water partition coefficient (Wildman–Crippen LogP) is 3.93. The number of anilines is 2. The number of ketones is 1. The van der Waals surface area contributed by atoms with Crippen molar-refractivity contribution in [3.63, 3.8) is 0 Å². The summed E-state index contributed by atoms with van der Waals surface area (Å²) in [6.45, 7) is 1.87. The van der Waals surface area contributed by atoms with Crippen LogP contribution in [-0.4, -0.2) is 22.7 Å². The SMILES string of the molecule is Cc1ccc2c(c1)[C@@](O)(CC(=O)c1ccc(NC(=O)C3CCCCC3)cc1)C(=O)N2. The largest absolute Gasteiger partial charge is 0.375 e. The van der Waals surface area contributed by atoms with Crippen molar-refractivity contribution in [1.82, 2.24) is 0 Å². The Morgan fingerprint density at radius 3 is 2.50 bits per heavy atom. The van der Waals surface area contributed by atoms with Gasteiger partial charge in [-0.2, -0.15) is 0 Å². The van der Waals surface area contributed by atoms with Gasteiger partial charge in [-0.1, -0.05) is 37.0 Å². The van der Waals surface area contributed by atoms with Crippen molar-refractivity contribution in [3.05, 3.63) is 59.2 Å². The number of benzene rings is 2. The number of fused-ring (bicyclic) bond motifs is 1. The molecule has 2 aromatic carbocycles. The van der Waals surface area contributed by atoms with E-state index in [0.29, 0.717) is 22.5 Å². The molecular weight excluding hydrogens is 380 g/mol. The minimum atomic E-state index is -1.88. The second-order valence-electron chi connectivity index (χ2n) is 8.36. The second-order valence-corrected chi connectivity index (χ2v) is 8.36. The van der Waals surface area contributed by atoms with E-state index in [2.05, 4.69) is 10.6 Å². The van der Waals surface area contributed by atoms with Crippen LogP contribution in [0.4, 0.5) is 11.4 Å². The Kier molecular flexibility index (Phi) is 5.43. The van der Waals surface area contributed by atoms with E-state index in [9.17, 15) is 19.5 Å². The fourth-order valence-electron chi connectivity index (χ4n) is 4.32. The van der Waals surface area contributed by atoms with Crippen LogP contribution in [0.2, 0.25) is 0 Å². The van der Waals surface area contributed by atoms with Gasteiger partial charge in [-0.25, -0.2) is 0 Å². The number of rotatable bonds is 5. The number of hydrogen-bond donors (Lipinski definition) is 3. The number of hydrogen-bond acceptors (Lipinski definition) is 4. The van der Waals surface area contributed by atoms with E-state index in [4.69, 9.17) is 0 Å². The number of nitrogens with one attached hydrogen (secondary N) is 2. The molecule has 2 aromatic rings. The number of Topliss-reactive ketones (excluding diaryl/α,β-unsaturated/α-hetero) is 1. The lowest BCUT2D eigenvalue weighted by Gasteiger charge is -2.21. The van der Waals surface area contributed by atoms with E-state index in [1.54, 1.807) is 36.4 Å². The molecule has 2 aliphatic rings. The maximum absolute atomic E-state index is 12.8. The summed E-state index contributed by atoms with van der Waals surface area (Å²) in [6.07, 6.45) is 4.86. The van der Waals surface area contributed by atoms with E-state index in [1.807, 2.05) is 13.0 Å². The van der Waals surface area contributed by atoms with E-state index < -0.39 is 11.5 Å². The quantitative estimate of drug-likeness (QED) is 0.656. The minimum absolute atomic E-state index is 0.0256. The Balaban J connectivity index is 1.45. The molecule has 0 spiro atoms. The second kappa shape index (κ2) is 8.03. The summed E-state index contributed by atoms with van der Waals surface area (Å²) in [5.41, 5.74) is 0.994. The third-order valence-electron chi connectivity index (χ3n) is 6.11. The maximum atomic E-state index is 12.8. The molecule has 1 aliphatic heterocycles. The minimum Gasteiger partial charge on any atom is -0.375 e. The molecule has 1 heterocycles. The van der Waals surface area contributed by atoms with Gasteiger partial charge in [0.25, 0.3) is 5.91 Å². The fraction of sp³-hybridized carbons (Fsp3) is 0.375. The van der Waals surface area contributed by atoms with Gasteiger partial charge in [0.2, 0.25) is 5.91 Å². The van der Waals surface area contributed by atoms with Crippen molar-refractivity contribution in [1.29, 1.82) is 0 Å². The molecule has 0 saturated heterocycles. The average Bonchev–Trinajstić information content (AvgIpc) is 2.99. The molecular formula is C24H26N2O4. The zero-order valence-electron chi connectivity index (χ0n) is 17.0. The molecule has 0 aromatic heterocycles. The number of aryl methyl sites for hydroxylation is 1. The van der Waals surface area contributed by atoms with Crippen LogP contribution in [0.15, 0.2) is 42.5 Å². The summed E-state index contributed by atoms with van der Waals surface area (Å²) >= 11 is 0. The molecule has 156 valence electrons. The highest BCUT2D eigenvalue weighted by molar-refractivity contribution is 6.09. The normalized spacial score (nSPS) is 21.1. The van der Waals surface area contributed by atoms with Crippen molar-refractivity contribution in [2.75, 3.05) is 10.6 Å². The van der Waals surface area contributed by atoms with E-state index >= 15 is 0 Å². The third kappa shape index (κ3) is 3.87. The first-order valence-electron chi connectivity index (χ1n) is 10.5. The maximum Gasteiger partial charge on any atom is 0.261 e. The number of carbonyl (C=O) groups is 3. The Hall–Kier alpha value is -2.99. The molecule has 6 nitrogen and oxygen atoms in total. The summed E-state index contributed by atoms with van der Waals surface area (Å²) in [4.78, 5) is 37.6. The summed E-state index contributed by atoms with van der Waals surface area (Å²) in [5, 5.41) is 16.6. The van der Waals surface area contributed by atoms with Crippen LogP contribution in [0, 0.1) is 12.8 Å². The van der Waals surface area contributed by atoms with Crippen molar-refractivity contribution in [3.8, 4) is 0 Å². The molecule has 1 fully saturated rings. The van der Waals surface area contributed by atoms with Crippen LogP contribution < -0.4 is 10.6 Å². The molecule has 3 N–H and O–H groups in total. The van der Waals surface area contributed by atoms with E-state index in [0.717, 1.165) is 31.2 Å².